The van der Waals surface area contributed by atoms with Gasteiger partial charge in [0.2, 0.25) is 11.6 Å². The summed E-state index contributed by atoms with van der Waals surface area (Å²) in [5, 5.41) is 2.24. The average molecular weight is 404 g/mol. The predicted octanol–water partition coefficient (Wildman–Crippen LogP) is 3.46. The van der Waals surface area contributed by atoms with Crippen molar-refractivity contribution in [3.8, 4) is 0 Å². The SMILES string of the molecule is CC(=O)OC1=C(NC(=O)c2ccccc2)OC(C)(c2ccc(F)c(Cl)c2)C1=O. The van der Waals surface area contributed by atoms with Gasteiger partial charge < -0.3 is 9.47 Å². The third-order valence-corrected chi connectivity index (χ3v) is 4.42. The molecule has 6 nitrogen and oxygen atoms in total. The van der Waals surface area contributed by atoms with Crippen LogP contribution >= 0.6 is 11.6 Å². The second kappa shape index (κ2) is 7.44. The van der Waals surface area contributed by atoms with Crippen molar-refractivity contribution in [2.24, 2.45) is 0 Å². The van der Waals surface area contributed by atoms with E-state index in [2.05, 4.69) is 5.32 Å². The van der Waals surface area contributed by atoms with Crippen LogP contribution in [0.25, 0.3) is 0 Å². The van der Waals surface area contributed by atoms with Gasteiger partial charge in [-0.25, -0.2) is 4.39 Å². The number of carbonyl (C=O) groups excluding carboxylic acids is 3. The normalized spacial score (nSPS) is 18.6. The molecular weight excluding hydrogens is 389 g/mol. The van der Waals surface area contributed by atoms with E-state index in [1.807, 2.05) is 0 Å². The van der Waals surface area contributed by atoms with E-state index in [1.165, 1.54) is 19.1 Å². The zero-order valence-electron chi connectivity index (χ0n) is 14.9. The van der Waals surface area contributed by atoms with Crippen LogP contribution in [0.2, 0.25) is 5.02 Å². The van der Waals surface area contributed by atoms with E-state index in [-0.39, 0.29) is 16.5 Å². The maximum absolute atomic E-state index is 13.5. The van der Waals surface area contributed by atoms with Gasteiger partial charge in [0.05, 0.1) is 5.02 Å². The Hall–Kier alpha value is -3.19. The lowest BCUT2D eigenvalue weighted by Gasteiger charge is -2.24. The average Bonchev–Trinajstić information content (AvgIpc) is 2.89. The minimum Gasteiger partial charge on any atom is -0.456 e. The number of carbonyl (C=O) groups is 3. The standard InChI is InChI=1S/C20H15ClFNO5/c1-11(24)27-16-17(25)20(2,13-8-9-15(22)14(21)10-13)28-19(16)23-18(26)12-6-4-3-5-7-12/h3-10H,1-2H3,(H,23,26). The molecule has 0 saturated carbocycles. The Morgan fingerprint density at radius 2 is 1.86 bits per heavy atom. The first-order valence-corrected chi connectivity index (χ1v) is 8.58. The molecule has 0 aromatic heterocycles. The van der Waals surface area contributed by atoms with Crippen molar-refractivity contribution in [2.45, 2.75) is 19.4 Å². The molecule has 0 fully saturated rings. The van der Waals surface area contributed by atoms with Crippen LogP contribution in [0.4, 0.5) is 4.39 Å². The van der Waals surface area contributed by atoms with Crippen molar-refractivity contribution in [1.82, 2.24) is 5.32 Å². The van der Waals surface area contributed by atoms with E-state index >= 15 is 0 Å². The molecule has 0 spiro atoms. The molecule has 1 aliphatic heterocycles. The van der Waals surface area contributed by atoms with Crippen LogP contribution in [0.1, 0.15) is 29.8 Å². The molecule has 2 aromatic rings. The van der Waals surface area contributed by atoms with Crippen molar-refractivity contribution in [1.29, 1.82) is 0 Å². The molecule has 1 unspecified atom stereocenters. The molecule has 0 bridgehead atoms. The van der Waals surface area contributed by atoms with Crippen molar-refractivity contribution in [3.63, 3.8) is 0 Å². The number of nitrogens with one attached hydrogen (secondary N) is 1. The third kappa shape index (κ3) is 3.61. The summed E-state index contributed by atoms with van der Waals surface area (Å²) < 4.78 is 24.2. The van der Waals surface area contributed by atoms with Crippen molar-refractivity contribution in [3.05, 3.63) is 82.1 Å². The van der Waals surface area contributed by atoms with Crippen LogP contribution in [-0.2, 0) is 24.7 Å². The molecule has 1 heterocycles. The number of ether oxygens (including phenoxy) is 2. The van der Waals surface area contributed by atoms with Gasteiger partial charge in [-0.3, -0.25) is 19.7 Å². The third-order valence-electron chi connectivity index (χ3n) is 4.13. The molecule has 144 valence electrons. The Kier molecular flexibility index (Phi) is 5.20. The molecule has 1 N–H and O–H groups in total. The summed E-state index contributed by atoms with van der Waals surface area (Å²) >= 11 is 5.81. The van der Waals surface area contributed by atoms with Gasteiger partial charge >= 0.3 is 5.97 Å². The second-order valence-corrected chi connectivity index (χ2v) is 6.57. The number of amides is 1. The summed E-state index contributed by atoms with van der Waals surface area (Å²) in [4.78, 5) is 36.8. The minimum absolute atomic E-state index is 0.203. The summed E-state index contributed by atoms with van der Waals surface area (Å²) in [5.74, 6) is -3.45. The molecule has 28 heavy (non-hydrogen) atoms. The van der Waals surface area contributed by atoms with Crippen LogP contribution in [0.5, 0.6) is 0 Å². The van der Waals surface area contributed by atoms with Gasteiger partial charge in [0.1, 0.15) is 5.82 Å². The van der Waals surface area contributed by atoms with Crippen molar-refractivity contribution < 1.29 is 28.2 Å². The van der Waals surface area contributed by atoms with Crippen molar-refractivity contribution >= 4 is 29.3 Å². The molecule has 8 heteroatoms. The smallest absolute Gasteiger partial charge is 0.308 e. The fourth-order valence-corrected chi connectivity index (χ4v) is 2.86. The lowest BCUT2D eigenvalue weighted by Crippen LogP contribution is -2.32. The summed E-state index contributed by atoms with van der Waals surface area (Å²) in [6.07, 6.45) is 0. The Bertz CT molecular complexity index is 1000. The fraction of sp³-hybridized carbons (Fsp3) is 0.150. The fourth-order valence-electron chi connectivity index (χ4n) is 2.68. The van der Waals surface area contributed by atoms with Gasteiger partial charge in [-0.1, -0.05) is 35.9 Å². The molecule has 0 aliphatic carbocycles. The number of ketones is 1. The van der Waals surface area contributed by atoms with E-state index in [0.29, 0.717) is 5.56 Å². The number of rotatable bonds is 4. The lowest BCUT2D eigenvalue weighted by atomic mass is 9.91. The van der Waals surface area contributed by atoms with Gasteiger partial charge in [0, 0.05) is 18.1 Å². The number of benzene rings is 2. The van der Waals surface area contributed by atoms with Crippen LogP contribution < -0.4 is 5.32 Å². The van der Waals surface area contributed by atoms with Gasteiger partial charge in [0.15, 0.2) is 5.60 Å². The number of hydrogen-bond donors (Lipinski definition) is 1. The van der Waals surface area contributed by atoms with Crippen LogP contribution in [-0.4, -0.2) is 17.7 Å². The maximum atomic E-state index is 13.5. The molecule has 1 aliphatic rings. The molecule has 3 rings (SSSR count). The molecule has 1 atom stereocenters. The first-order valence-electron chi connectivity index (χ1n) is 8.21. The van der Waals surface area contributed by atoms with Gasteiger partial charge in [-0.15, -0.1) is 0 Å². The maximum Gasteiger partial charge on any atom is 0.308 e. The second-order valence-electron chi connectivity index (χ2n) is 6.17. The highest BCUT2D eigenvalue weighted by Gasteiger charge is 2.50. The van der Waals surface area contributed by atoms with E-state index in [0.717, 1.165) is 13.0 Å². The molecule has 1 amide bonds. The van der Waals surface area contributed by atoms with Gasteiger partial charge in [-0.2, -0.15) is 0 Å². The lowest BCUT2D eigenvalue weighted by molar-refractivity contribution is -0.142. The minimum atomic E-state index is -1.67. The van der Waals surface area contributed by atoms with Crippen LogP contribution in [0.3, 0.4) is 0 Å². The summed E-state index contributed by atoms with van der Waals surface area (Å²) in [6, 6.07) is 11.9. The number of Topliss-reactive ketones (excluding diaryl/α,β-unsaturated/α-hetero) is 1. The highest BCUT2D eigenvalue weighted by Crippen LogP contribution is 2.39. The Balaban J connectivity index is 1.97. The summed E-state index contributed by atoms with van der Waals surface area (Å²) in [6.45, 7) is 2.52. The number of esters is 1. The van der Waals surface area contributed by atoms with E-state index in [9.17, 15) is 18.8 Å². The highest BCUT2D eigenvalue weighted by atomic mass is 35.5. The first-order chi connectivity index (χ1) is 13.2. The van der Waals surface area contributed by atoms with Gasteiger partial charge in [0.25, 0.3) is 11.7 Å². The highest BCUT2D eigenvalue weighted by molar-refractivity contribution is 6.30. The quantitative estimate of drug-likeness (QED) is 0.791. The molecular formula is C20H15ClFNO5. The topological polar surface area (TPSA) is 81.7 Å². The Morgan fingerprint density at radius 3 is 2.46 bits per heavy atom. The molecule has 0 saturated heterocycles. The monoisotopic (exact) mass is 403 g/mol. The molecule has 2 aromatic carbocycles. The van der Waals surface area contributed by atoms with E-state index in [1.54, 1.807) is 30.3 Å². The Labute approximate surface area is 164 Å². The van der Waals surface area contributed by atoms with E-state index in [4.69, 9.17) is 21.1 Å². The van der Waals surface area contributed by atoms with Crippen LogP contribution in [0.15, 0.2) is 60.2 Å². The largest absolute Gasteiger partial charge is 0.456 e. The van der Waals surface area contributed by atoms with Crippen LogP contribution in [0, 0.1) is 5.82 Å². The zero-order chi connectivity index (χ0) is 20.5. The first kappa shape index (κ1) is 19.6. The number of hydrogen-bond acceptors (Lipinski definition) is 5. The van der Waals surface area contributed by atoms with E-state index < -0.39 is 34.8 Å². The molecule has 0 radical (unpaired) electrons. The predicted molar refractivity (Wildman–Crippen MR) is 97.6 cm³/mol. The zero-order valence-corrected chi connectivity index (χ0v) is 15.7. The van der Waals surface area contributed by atoms with Gasteiger partial charge in [-0.05, 0) is 31.2 Å². The van der Waals surface area contributed by atoms with Crippen molar-refractivity contribution in [2.75, 3.05) is 0 Å². The number of halogens is 2. The summed E-state index contributed by atoms with van der Waals surface area (Å²) in [5.41, 5.74) is -1.12. The summed E-state index contributed by atoms with van der Waals surface area (Å²) in [7, 11) is 0. The Morgan fingerprint density at radius 1 is 1.18 bits per heavy atom.